The zero-order chi connectivity index (χ0) is 24.2. The second-order valence-electron chi connectivity index (χ2n) is 8.31. The maximum absolute atomic E-state index is 13.2. The van der Waals surface area contributed by atoms with Crippen molar-refractivity contribution >= 4 is 11.6 Å². The average Bonchev–Trinajstić information content (AvgIpc) is 3.25. The summed E-state index contributed by atoms with van der Waals surface area (Å²) < 4.78 is 7.14. The number of nitrogens with one attached hydrogen (secondary N) is 1. The van der Waals surface area contributed by atoms with Crippen molar-refractivity contribution < 1.29 is 9.53 Å². The lowest BCUT2D eigenvalue weighted by molar-refractivity contribution is 0.0949. The molecule has 1 amide bonds. The molecule has 0 bridgehead atoms. The van der Waals surface area contributed by atoms with E-state index >= 15 is 0 Å². The molecule has 0 unspecified atom stereocenters. The number of carbonyl (C=O) groups is 1. The standard InChI is InChI=1S/C29H26N4O2/c1-20-27(23-11-7-4-8-12-23)28-31-25(29(34)30-18-17-21-9-5-3-6-10-21)19-26(33(28)32-20)22-13-15-24(35-2)16-14-22/h3-16,19H,17-18H2,1-2H3,(H,30,34). The third kappa shape index (κ3) is 4.64. The first-order valence-corrected chi connectivity index (χ1v) is 11.6. The van der Waals surface area contributed by atoms with Gasteiger partial charge in [-0.3, -0.25) is 4.79 Å². The summed E-state index contributed by atoms with van der Waals surface area (Å²) in [6.07, 6.45) is 0.751. The summed E-state index contributed by atoms with van der Waals surface area (Å²) in [5, 5.41) is 7.83. The summed E-state index contributed by atoms with van der Waals surface area (Å²) >= 11 is 0. The fraction of sp³-hybridized carbons (Fsp3) is 0.138. The van der Waals surface area contributed by atoms with Gasteiger partial charge in [-0.1, -0.05) is 60.7 Å². The Morgan fingerprint density at radius 2 is 1.60 bits per heavy atom. The Kier molecular flexibility index (Phi) is 6.26. The zero-order valence-electron chi connectivity index (χ0n) is 19.7. The molecule has 0 aliphatic rings. The van der Waals surface area contributed by atoms with E-state index in [0.717, 1.165) is 40.2 Å². The van der Waals surface area contributed by atoms with Gasteiger partial charge in [0.25, 0.3) is 5.91 Å². The summed E-state index contributed by atoms with van der Waals surface area (Å²) in [4.78, 5) is 18.0. The van der Waals surface area contributed by atoms with Crippen molar-refractivity contribution in [3.8, 4) is 28.1 Å². The zero-order valence-corrected chi connectivity index (χ0v) is 19.7. The Balaban J connectivity index is 1.57. The highest BCUT2D eigenvalue weighted by Gasteiger charge is 2.20. The van der Waals surface area contributed by atoms with Gasteiger partial charge < -0.3 is 10.1 Å². The number of hydrogen-bond donors (Lipinski definition) is 1. The van der Waals surface area contributed by atoms with Gasteiger partial charge in [0.2, 0.25) is 0 Å². The molecule has 5 aromatic rings. The molecule has 0 saturated carbocycles. The number of aryl methyl sites for hydroxylation is 1. The highest BCUT2D eigenvalue weighted by Crippen LogP contribution is 2.31. The minimum absolute atomic E-state index is 0.212. The summed E-state index contributed by atoms with van der Waals surface area (Å²) in [6, 6.07) is 29.6. The van der Waals surface area contributed by atoms with Gasteiger partial charge in [0.05, 0.1) is 18.5 Å². The topological polar surface area (TPSA) is 68.5 Å². The fourth-order valence-electron chi connectivity index (χ4n) is 4.21. The Labute approximate surface area is 204 Å². The Morgan fingerprint density at radius 1 is 0.914 bits per heavy atom. The number of ether oxygens (including phenoxy) is 1. The largest absolute Gasteiger partial charge is 0.497 e. The van der Waals surface area contributed by atoms with Crippen molar-refractivity contribution in [2.24, 2.45) is 0 Å². The molecule has 0 atom stereocenters. The predicted octanol–water partition coefficient (Wildman–Crippen LogP) is 5.35. The monoisotopic (exact) mass is 462 g/mol. The summed E-state index contributed by atoms with van der Waals surface area (Å²) in [6.45, 7) is 2.49. The number of benzene rings is 3. The minimum atomic E-state index is -0.212. The third-order valence-corrected chi connectivity index (χ3v) is 5.99. The van der Waals surface area contributed by atoms with Crippen LogP contribution in [0.3, 0.4) is 0 Å². The number of aromatic nitrogens is 3. The molecule has 2 aromatic heterocycles. The van der Waals surface area contributed by atoms with Crippen molar-refractivity contribution in [1.29, 1.82) is 0 Å². The highest BCUT2D eigenvalue weighted by atomic mass is 16.5. The van der Waals surface area contributed by atoms with Crippen LogP contribution in [-0.4, -0.2) is 34.2 Å². The van der Waals surface area contributed by atoms with Crippen molar-refractivity contribution in [2.75, 3.05) is 13.7 Å². The van der Waals surface area contributed by atoms with Crippen LogP contribution in [0.25, 0.3) is 28.0 Å². The Morgan fingerprint density at radius 3 is 2.29 bits per heavy atom. The van der Waals surface area contributed by atoms with Gasteiger partial charge in [-0.2, -0.15) is 5.10 Å². The molecule has 6 heteroatoms. The quantitative estimate of drug-likeness (QED) is 0.354. The highest BCUT2D eigenvalue weighted by molar-refractivity contribution is 5.95. The molecule has 0 aliphatic heterocycles. The molecule has 35 heavy (non-hydrogen) atoms. The Hall–Kier alpha value is -4.45. The van der Waals surface area contributed by atoms with Gasteiger partial charge in [0, 0.05) is 17.7 Å². The first-order chi connectivity index (χ1) is 17.1. The molecule has 1 N–H and O–H groups in total. The number of nitrogens with zero attached hydrogens (tertiary/aromatic N) is 3. The van der Waals surface area contributed by atoms with Crippen molar-refractivity contribution in [3.05, 3.63) is 108 Å². The summed E-state index contributed by atoms with van der Waals surface area (Å²) in [5.74, 6) is 0.551. The van der Waals surface area contributed by atoms with Gasteiger partial charge in [-0.15, -0.1) is 0 Å². The van der Waals surface area contributed by atoms with E-state index in [-0.39, 0.29) is 5.91 Å². The maximum atomic E-state index is 13.2. The van der Waals surface area contributed by atoms with E-state index in [2.05, 4.69) is 17.4 Å². The first-order valence-electron chi connectivity index (χ1n) is 11.6. The van der Waals surface area contributed by atoms with E-state index in [1.807, 2.05) is 84.2 Å². The van der Waals surface area contributed by atoms with Crippen LogP contribution in [0.4, 0.5) is 0 Å². The Bertz CT molecular complexity index is 1460. The van der Waals surface area contributed by atoms with Crippen LogP contribution in [0, 0.1) is 6.92 Å². The fourth-order valence-corrected chi connectivity index (χ4v) is 4.21. The molecule has 0 saturated heterocycles. The molecule has 0 spiro atoms. The van der Waals surface area contributed by atoms with Gasteiger partial charge in [0.1, 0.15) is 11.4 Å². The molecular weight excluding hydrogens is 436 g/mol. The van der Waals surface area contributed by atoms with E-state index in [1.165, 1.54) is 5.56 Å². The van der Waals surface area contributed by atoms with Gasteiger partial charge in [-0.05, 0) is 54.8 Å². The molecule has 5 rings (SSSR count). The van der Waals surface area contributed by atoms with Gasteiger partial charge in [0.15, 0.2) is 5.65 Å². The summed E-state index contributed by atoms with van der Waals surface area (Å²) in [5.41, 5.74) is 6.65. The number of rotatable bonds is 7. The number of fused-ring (bicyclic) bond motifs is 1. The molecular formula is C29H26N4O2. The maximum Gasteiger partial charge on any atom is 0.270 e. The number of amides is 1. The molecule has 3 aromatic carbocycles. The molecule has 0 fully saturated rings. The number of hydrogen-bond acceptors (Lipinski definition) is 4. The van der Waals surface area contributed by atoms with Crippen LogP contribution in [0.2, 0.25) is 0 Å². The van der Waals surface area contributed by atoms with Crippen LogP contribution >= 0.6 is 0 Å². The second kappa shape index (κ2) is 9.81. The summed E-state index contributed by atoms with van der Waals surface area (Å²) in [7, 11) is 1.64. The average molecular weight is 463 g/mol. The smallest absolute Gasteiger partial charge is 0.270 e. The van der Waals surface area contributed by atoms with Crippen molar-refractivity contribution in [2.45, 2.75) is 13.3 Å². The van der Waals surface area contributed by atoms with E-state index in [9.17, 15) is 4.79 Å². The van der Waals surface area contributed by atoms with Crippen LogP contribution < -0.4 is 10.1 Å². The molecule has 0 aliphatic carbocycles. The van der Waals surface area contributed by atoms with Crippen LogP contribution in [0.5, 0.6) is 5.75 Å². The SMILES string of the molecule is COc1ccc(-c2cc(C(=O)NCCc3ccccc3)nc3c(-c4ccccc4)c(C)nn23)cc1. The van der Waals surface area contributed by atoms with Crippen LogP contribution in [-0.2, 0) is 6.42 Å². The lowest BCUT2D eigenvalue weighted by Gasteiger charge is -2.11. The molecule has 6 nitrogen and oxygen atoms in total. The first kappa shape index (κ1) is 22.3. The van der Waals surface area contributed by atoms with E-state index < -0.39 is 0 Å². The van der Waals surface area contributed by atoms with E-state index in [0.29, 0.717) is 17.9 Å². The minimum Gasteiger partial charge on any atom is -0.497 e. The van der Waals surface area contributed by atoms with Crippen molar-refractivity contribution in [3.63, 3.8) is 0 Å². The van der Waals surface area contributed by atoms with Crippen LogP contribution in [0.1, 0.15) is 21.7 Å². The van der Waals surface area contributed by atoms with Crippen molar-refractivity contribution in [1.82, 2.24) is 19.9 Å². The van der Waals surface area contributed by atoms with Crippen LogP contribution in [0.15, 0.2) is 91.0 Å². The van der Waals surface area contributed by atoms with Gasteiger partial charge in [-0.25, -0.2) is 9.50 Å². The van der Waals surface area contributed by atoms with E-state index in [4.69, 9.17) is 14.8 Å². The lowest BCUT2D eigenvalue weighted by atomic mass is 10.1. The lowest BCUT2D eigenvalue weighted by Crippen LogP contribution is -2.27. The van der Waals surface area contributed by atoms with Gasteiger partial charge >= 0.3 is 0 Å². The number of methoxy groups -OCH3 is 1. The number of carbonyl (C=O) groups excluding carboxylic acids is 1. The molecule has 174 valence electrons. The van der Waals surface area contributed by atoms with E-state index in [1.54, 1.807) is 13.2 Å². The third-order valence-electron chi connectivity index (χ3n) is 5.99. The normalized spacial score (nSPS) is 10.9. The molecule has 0 radical (unpaired) electrons. The predicted molar refractivity (Wildman–Crippen MR) is 138 cm³/mol. The second-order valence-corrected chi connectivity index (χ2v) is 8.31. The molecule has 2 heterocycles.